The predicted octanol–water partition coefficient (Wildman–Crippen LogP) is -19.2. The van der Waals surface area contributed by atoms with E-state index >= 15 is 0 Å². The third-order valence-corrected chi connectivity index (χ3v) is 19.9. The Bertz CT molecular complexity index is 2820. The summed E-state index contributed by atoms with van der Waals surface area (Å²) in [7, 11) is 0. The van der Waals surface area contributed by atoms with E-state index in [-0.39, 0.29) is 0 Å². The summed E-state index contributed by atoms with van der Waals surface area (Å²) in [6.07, 6.45) is -86.2. The molecular formula is C60H101N3O45. The molecule has 9 aliphatic heterocycles. The number of amides is 3. The number of carbonyl (C=O) groups is 3. The van der Waals surface area contributed by atoms with Crippen molar-refractivity contribution in [3.63, 3.8) is 0 Å². The molecule has 9 saturated heterocycles. The maximum atomic E-state index is 13.2. The molecule has 48 nitrogen and oxygen atoms in total. The second kappa shape index (κ2) is 38.5. The van der Waals surface area contributed by atoms with Gasteiger partial charge in [0.15, 0.2) is 56.6 Å². The second-order valence-electron chi connectivity index (χ2n) is 27.4. The van der Waals surface area contributed by atoms with Gasteiger partial charge in [0.1, 0.15) is 213 Å². The van der Waals surface area contributed by atoms with Crippen LogP contribution in [0.5, 0.6) is 0 Å². The van der Waals surface area contributed by atoms with E-state index in [0.29, 0.717) is 0 Å². The zero-order valence-electron chi connectivity index (χ0n) is 58.0. The van der Waals surface area contributed by atoms with E-state index in [1.54, 1.807) is 0 Å². The lowest BCUT2D eigenvalue weighted by Gasteiger charge is -2.51. The normalized spacial score (nSPS) is 50.4. The van der Waals surface area contributed by atoms with E-state index in [4.69, 9.17) is 80.5 Å². The van der Waals surface area contributed by atoms with Crippen molar-refractivity contribution in [2.45, 2.75) is 304 Å². The van der Waals surface area contributed by atoms with E-state index in [0.717, 1.165) is 20.8 Å². The first kappa shape index (κ1) is 88.7. The first-order chi connectivity index (χ1) is 51.1. The summed E-state index contributed by atoms with van der Waals surface area (Å²) in [5, 5.41) is 283. The van der Waals surface area contributed by atoms with Crippen LogP contribution < -0.4 is 16.0 Å². The van der Waals surface area contributed by atoms with E-state index in [9.17, 15) is 142 Å². The molecule has 108 heavy (non-hydrogen) atoms. The number of ether oxygens (including phenoxy) is 17. The second-order valence-corrected chi connectivity index (χ2v) is 27.4. The molecule has 9 heterocycles. The van der Waals surface area contributed by atoms with E-state index in [1.165, 1.54) is 6.92 Å². The van der Waals surface area contributed by atoms with Crippen LogP contribution in [0.4, 0.5) is 0 Å². The molecule has 9 fully saturated rings. The summed E-state index contributed by atoms with van der Waals surface area (Å²) in [6, 6.07) is -5.67. The summed E-state index contributed by atoms with van der Waals surface area (Å²) < 4.78 is 101. The predicted molar refractivity (Wildman–Crippen MR) is 330 cm³/mol. The number of hydrogen-bond acceptors (Lipinski definition) is 45. The first-order valence-electron chi connectivity index (χ1n) is 34.5. The van der Waals surface area contributed by atoms with Crippen LogP contribution in [0.1, 0.15) is 27.7 Å². The van der Waals surface area contributed by atoms with Crippen molar-refractivity contribution >= 4 is 17.7 Å². The average Bonchev–Trinajstić information content (AvgIpc) is 0.768. The van der Waals surface area contributed by atoms with Gasteiger partial charge in [-0.2, -0.15) is 0 Å². The lowest BCUT2D eigenvalue weighted by Crippen LogP contribution is -2.71. The molecule has 48 heteroatoms. The maximum Gasteiger partial charge on any atom is 0.217 e. The van der Waals surface area contributed by atoms with Gasteiger partial charge in [-0.25, -0.2) is 0 Å². The smallest absolute Gasteiger partial charge is 0.217 e. The monoisotopic (exact) mass is 1580 g/mol. The first-order valence-corrected chi connectivity index (χ1v) is 34.5. The highest BCUT2D eigenvalue weighted by Gasteiger charge is 2.61. The Balaban J connectivity index is 1.06. The molecule has 0 aromatic rings. The van der Waals surface area contributed by atoms with Crippen molar-refractivity contribution in [3.8, 4) is 0 Å². The quantitative estimate of drug-likeness (QED) is 0.0363. The average molecular weight is 1580 g/mol. The van der Waals surface area contributed by atoms with Crippen molar-refractivity contribution in [2.24, 2.45) is 0 Å². The molecule has 0 aromatic heterocycles. The highest BCUT2D eigenvalue weighted by atomic mass is 16.8. The molecule has 9 aliphatic rings. The fourth-order valence-electron chi connectivity index (χ4n) is 14.0. The molecule has 0 saturated carbocycles. The third-order valence-electron chi connectivity index (χ3n) is 19.9. The topological polar surface area (TPSA) is 750 Å². The summed E-state index contributed by atoms with van der Waals surface area (Å²) in [6.45, 7) is -4.62. The van der Waals surface area contributed by atoms with Gasteiger partial charge in [-0.3, -0.25) is 14.4 Å². The molecule has 0 aliphatic carbocycles. The van der Waals surface area contributed by atoms with Gasteiger partial charge in [-0.15, -0.1) is 0 Å². The van der Waals surface area contributed by atoms with E-state index in [2.05, 4.69) is 16.0 Å². The van der Waals surface area contributed by atoms with Gasteiger partial charge < -0.3 is 224 Å². The number of nitrogens with one attached hydrogen (secondary N) is 3. The van der Waals surface area contributed by atoms with Crippen molar-refractivity contribution < 1.29 is 223 Å². The molecular weight excluding hydrogens is 1480 g/mol. The Morgan fingerprint density at radius 1 is 0.259 bits per heavy atom. The molecule has 0 aromatic carbocycles. The van der Waals surface area contributed by atoms with Crippen molar-refractivity contribution in [3.05, 3.63) is 0 Å². The van der Waals surface area contributed by atoms with Crippen LogP contribution in [-0.2, 0) is 94.9 Å². The molecule has 0 bridgehead atoms. The SMILES string of the molecule is CC(=O)N[C@@H]1[C@@H](O[C@@H]2O[C@@H](C)[C@@H](O)[C@@H](O)[C@@H]2O)[C@H](O[C@@H]2O[C@H](CO)[C@@H](O[C@@H]3O[C@H](CO[C@H]4O[C@H](CO)[C@@H](O)[C@H](O)[C@@H]4O[C@H]4O[C@H](CO)[C@@H](O)[C@H](O)[C@@H]4O)[C@@H](O)[C@H](O[C@H]4O[C@H](CO)[C@@H](O)[C@H](O)[C@@H]4O[C@@H]4O[C@H](CO)[C@@H](O[C@@H]5O[C@H](CO)[C@H](O)[C@H](O)[C@H]5O)[C@H](O)[C@H]4NC(C)=O)[C@@H]3O)[C@H](O)[C@H]2NC(C)=O)[C@@H](CO)O[C@H]1O. The summed E-state index contributed by atoms with van der Waals surface area (Å²) in [5.41, 5.74) is 0. The van der Waals surface area contributed by atoms with Gasteiger partial charge in [0.25, 0.3) is 0 Å². The van der Waals surface area contributed by atoms with Gasteiger partial charge in [0.2, 0.25) is 17.7 Å². The number of hydrogen-bond donors (Lipinski definition) is 28. The maximum absolute atomic E-state index is 13.2. The van der Waals surface area contributed by atoms with Crippen LogP contribution in [0.25, 0.3) is 0 Å². The van der Waals surface area contributed by atoms with Crippen LogP contribution in [-0.4, -0.2) is 474 Å². The Hall–Kier alpha value is -3.27. The number of rotatable bonds is 27. The van der Waals surface area contributed by atoms with Gasteiger partial charge in [0, 0.05) is 20.8 Å². The Morgan fingerprint density at radius 3 is 1.00 bits per heavy atom. The van der Waals surface area contributed by atoms with Gasteiger partial charge >= 0.3 is 0 Å². The van der Waals surface area contributed by atoms with E-state index in [1.807, 2.05) is 0 Å². The molecule has 626 valence electrons. The number of aliphatic hydroxyl groups excluding tert-OH is 25. The molecule has 9 rings (SSSR count). The minimum Gasteiger partial charge on any atom is -0.394 e. The Labute approximate surface area is 611 Å². The Morgan fingerprint density at radius 2 is 0.565 bits per heavy atom. The minimum atomic E-state index is -2.57. The zero-order valence-corrected chi connectivity index (χ0v) is 58.0. The fourth-order valence-corrected chi connectivity index (χ4v) is 14.0. The standard InChI is InChI=1S/C60H101N3O45/c1-13-28(74)36(82)41(87)55(93-13)105-48-27(63-16(4)73)52(91)94-23(11-70)47(48)104-53-25(61-14(2)71)34(80)46(22(10-69)99-53)103-58-44(90)49(33(79)24(101-58)12-92-59-50(39(85)31(77)19(7-66)97-59)108-57-43(89)38(84)30(76)18(6-65)96-57)106-60-51(40(86)32(78)20(8-67)98-60)107-54-26(62-15(3)72)35(81)45(21(9-68)100-54)102-56-42(88)37(83)29(75)17(5-64)95-56/h13,17-60,64-70,74-91H,5-12H2,1-4H3,(H,61,71)(H,62,72)(H,63,73)/t13-,17+,18+,19+,20+,21+,22+,23+,24+,25+,26+,27+,28+,29-,30+,31+,32+,33+,34+,35+,36+,37-,38-,39-,40-,41-,42+,43-,44-,45+,46+,47+,48+,49-,50-,51-,52+,53-,54-,55-,56-,57+,58-,59-,60+/m0/s1. The van der Waals surface area contributed by atoms with Crippen LogP contribution in [0.3, 0.4) is 0 Å². The number of aliphatic hydroxyl groups is 25. The van der Waals surface area contributed by atoms with Crippen molar-refractivity contribution in [2.75, 3.05) is 52.9 Å². The Kier molecular flexibility index (Phi) is 31.6. The molecule has 28 N–H and O–H groups in total. The van der Waals surface area contributed by atoms with Crippen molar-refractivity contribution in [1.29, 1.82) is 0 Å². The molecule has 3 amide bonds. The van der Waals surface area contributed by atoms with Crippen LogP contribution in [0, 0.1) is 0 Å². The fraction of sp³-hybridized carbons (Fsp3) is 0.950. The largest absolute Gasteiger partial charge is 0.394 e. The number of carbonyl (C=O) groups excluding carboxylic acids is 3. The molecule has 0 unspecified atom stereocenters. The van der Waals surface area contributed by atoms with Crippen LogP contribution in [0.15, 0.2) is 0 Å². The van der Waals surface area contributed by atoms with Gasteiger partial charge in [-0.1, -0.05) is 0 Å². The molecule has 0 spiro atoms. The molecule has 45 atom stereocenters. The zero-order chi connectivity index (χ0) is 79.5. The molecule has 0 radical (unpaired) electrons. The van der Waals surface area contributed by atoms with E-state index < -0.39 is 347 Å². The van der Waals surface area contributed by atoms with Crippen molar-refractivity contribution in [1.82, 2.24) is 16.0 Å². The lowest BCUT2D eigenvalue weighted by atomic mass is 9.93. The van der Waals surface area contributed by atoms with Crippen LogP contribution >= 0.6 is 0 Å². The highest BCUT2D eigenvalue weighted by Crippen LogP contribution is 2.40. The minimum absolute atomic E-state index is 0.843. The van der Waals surface area contributed by atoms with Crippen LogP contribution in [0.2, 0.25) is 0 Å². The summed E-state index contributed by atoms with van der Waals surface area (Å²) in [4.78, 5) is 38.8. The van der Waals surface area contributed by atoms with Gasteiger partial charge in [-0.05, 0) is 6.92 Å². The third kappa shape index (κ3) is 19.1. The highest BCUT2D eigenvalue weighted by molar-refractivity contribution is 5.74. The summed E-state index contributed by atoms with van der Waals surface area (Å²) in [5.74, 6) is -2.76. The lowest BCUT2D eigenvalue weighted by molar-refractivity contribution is -0.400. The van der Waals surface area contributed by atoms with Gasteiger partial charge in [0.05, 0.1) is 59.0 Å². The summed E-state index contributed by atoms with van der Waals surface area (Å²) >= 11 is 0.